The molecule has 0 saturated carbocycles. The highest BCUT2D eigenvalue weighted by atomic mass is 16.5. The maximum absolute atomic E-state index is 10.1. The van der Waals surface area contributed by atoms with E-state index in [-0.39, 0.29) is 5.75 Å². The highest BCUT2D eigenvalue weighted by Gasteiger charge is 2.22. The SMILES string of the molecule is CCNC(=NCc1cc(OC)ccc1O)NCC(CC(C)C)N1CCOCC1. The van der Waals surface area contributed by atoms with E-state index in [9.17, 15) is 5.11 Å². The molecule has 3 N–H and O–H groups in total. The van der Waals surface area contributed by atoms with Crippen molar-refractivity contribution < 1.29 is 14.6 Å². The summed E-state index contributed by atoms with van der Waals surface area (Å²) in [5.74, 6) is 2.33. The van der Waals surface area contributed by atoms with E-state index in [1.807, 2.05) is 13.0 Å². The molecule has 7 heteroatoms. The summed E-state index contributed by atoms with van der Waals surface area (Å²) in [5.41, 5.74) is 0.739. The average molecular weight is 393 g/mol. The summed E-state index contributed by atoms with van der Waals surface area (Å²) in [6.07, 6.45) is 1.13. The first kappa shape index (κ1) is 22.3. The molecule has 1 unspecified atom stereocenters. The number of rotatable bonds is 9. The zero-order valence-corrected chi connectivity index (χ0v) is 17.7. The number of morpholine rings is 1. The third-order valence-electron chi connectivity index (χ3n) is 4.85. The van der Waals surface area contributed by atoms with Gasteiger partial charge in [0, 0.05) is 37.8 Å². The van der Waals surface area contributed by atoms with Crippen molar-refractivity contribution in [3.8, 4) is 11.5 Å². The molecule has 0 bridgehead atoms. The molecule has 2 rings (SSSR count). The molecule has 1 aliphatic heterocycles. The number of nitrogens with one attached hydrogen (secondary N) is 2. The molecule has 1 heterocycles. The summed E-state index contributed by atoms with van der Waals surface area (Å²) in [7, 11) is 1.62. The predicted octanol–water partition coefficient (Wildman–Crippen LogP) is 2.20. The third-order valence-corrected chi connectivity index (χ3v) is 4.85. The summed E-state index contributed by atoms with van der Waals surface area (Å²) in [5, 5.41) is 16.9. The van der Waals surface area contributed by atoms with Crippen LogP contribution in [0.25, 0.3) is 0 Å². The number of nitrogens with zero attached hydrogens (tertiary/aromatic N) is 2. The second-order valence-corrected chi connectivity index (χ2v) is 7.50. The first-order valence-corrected chi connectivity index (χ1v) is 10.2. The van der Waals surface area contributed by atoms with Crippen LogP contribution < -0.4 is 15.4 Å². The Bertz CT molecular complexity index is 616. The lowest BCUT2D eigenvalue weighted by atomic mass is 10.0. The number of phenolic OH excluding ortho intramolecular Hbond substituents is 1. The lowest BCUT2D eigenvalue weighted by molar-refractivity contribution is 0.0132. The summed E-state index contributed by atoms with van der Waals surface area (Å²) in [4.78, 5) is 7.16. The molecule has 0 aromatic heterocycles. The van der Waals surface area contributed by atoms with Crippen molar-refractivity contribution in [2.24, 2.45) is 10.9 Å². The van der Waals surface area contributed by atoms with E-state index in [1.54, 1.807) is 19.2 Å². The molecule has 1 aromatic carbocycles. The molecule has 1 atom stereocenters. The van der Waals surface area contributed by atoms with Gasteiger partial charge in [-0.2, -0.15) is 0 Å². The van der Waals surface area contributed by atoms with Crippen LogP contribution in [0, 0.1) is 5.92 Å². The Morgan fingerprint density at radius 2 is 2.04 bits per heavy atom. The maximum atomic E-state index is 10.1. The molecule has 1 saturated heterocycles. The number of hydrogen-bond acceptors (Lipinski definition) is 5. The minimum Gasteiger partial charge on any atom is -0.508 e. The highest BCUT2D eigenvalue weighted by molar-refractivity contribution is 5.79. The van der Waals surface area contributed by atoms with Crippen LogP contribution in [0.4, 0.5) is 0 Å². The lowest BCUT2D eigenvalue weighted by Crippen LogP contribution is -2.51. The van der Waals surface area contributed by atoms with Gasteiger partial charge in [-0.15, -0.1) is 0 Å². The fourth-order valence-electron chi connectivity index (χ4n) is 3.38. The van der Waals surface area contributed by atoms with E-state index < -0.39 is 0 Å². The number of aliphatic imine (C=N–C) groups is 1. The normalized spacial score (nSPS) is 16.8. The first-order valence-electron chi connectivity index (χ1n) is 10.2. The van der Waals surface area contributed by atoms with Crippen molar-refractivity contribution in [2.75, 3.05) is 46.5 Å². The first-order chi connectivity index (χ1) is 13.5. The molecule has 158 valence electrons. The van der Waals surface area contributed by atoms with Crippen molar-refractivity contribution >= 4 is 5.96 Å². The van der Waals surface area contributed by atoms with Crippen molar-refractivity contribution in [2.45, 2.75) is 39.8 Å². The molecule has 28 heavy (non-hydrogen) atoms. The summed E-state index contributed by atoms with van der Waals surface area (Å²) >= 11 is 0. The van der Waals surface area contributed by atoms with Gasteiger partial charge in [-0.3, -0.25) is 4.90 Å². The molecule has 7 nitrogen and oxygen atoms in total. The molecule has 1 fully saturated rings. The minimum atomic E-state index is 0.228. The van der Waals surface area contributed by atoms with Gasteiger partial charge in [0.1, 0.15) is 11.5 Å². The summed E-state index contributed by atoms with van der Waals surface area (Å²) < 4.78 is 10.7. The van der Waals surface area contributed by atoms with Gasteiger partial charge in [0.15, 0.2) is 5.96 Å². The molecule has 0 radical (unpaired) electrons. The zero-order chi connectivity index (χ0) is 20.4. The molecule has 1 aliphatic rings. The Kier molecular flexibility index (Phi) is 9.37. The van der Waals surface area contributed by atoms with E-state index in [4.69, 9.17) is 9.47 Å². The van der Waals surface area contributed by atoms with Gasteiger partial charge in [-0.1, -0.05) is 13.8 Å². The fraction of sp³-hybridized carbons (Fsp3) is 0.667. The number of guanidine groups is 1. The second kappa shape index (κ2) is 11.8. The second-order valence-electron chi connectivity index (χ2n) is 7.50. The number of phenols is 1. The summed E-state index contributed by atoms with van der Waals surface area (Å²) in [6.45, 7) is 12.1. The van der Waals surface area contributed by atoms with Crippen LogP contribution in [-0.4, -0.2) is 68.5 Å². The Labute approximate surface area is 169 Å². The quantitative estimate of drug-likeness (QED) is 0.442. The van der Waals surface area contributed by atoms with Gasteiger partial charge in [0.25, 0.3) is 0 Å². The third kappa shape index (κ3) is 7.20. The van der Waals surface area contributed by atoms with Crippen LogP contribution in [-0.2, 0) is 11.3 Å². The average Bonchev–Trinajstić information content (AvgIpc) is 2.70. The van der Waals surface area contributed by atoms with E-state index in [0.717, 1.165) is 57.3 Å². The van der Waals surface area contributed by atoms with E-state index >= 15 is 0 Å². The predicted molar refractivity (Wildman–Crippen MR) is 113 cm³/mol. The van der Waals surface area contributed by atoms with Gasteiger partial charge in [0.2, 0.25) is 0 Å². The Morgan fingerprint density at radius 3 is 2.68 bits per heavy atom. The molecule has 0 spiro atoms. The van der Waals surface area contributed by atoms with Crippen molar-refractivity contribution in [3.63, 3.8) is 0 Å². The topological polar surface area (TPSA) is 78.4 Å². The van der Waals surface area contributed by atoms with Crippen LogP contribution in [0.5, 0.6) is 11.5 Å². The van der Waals surface area contributed by atoms with Gasteiger partial charge < -0.3 is 25.2 Å². The standard InChI is InChI=1S/C21H36N4O3/c1-5-22-21(23-14-17-13-19(27-4)6-7-20(17)26)24-15-18(12-16(2)3)25-8-10-28-11-9-25/h6-7,13,16,18,26H,5,8-12,14-15H2,1-4H3,(H2,22,23,24). The summed E-state index contributed by atoms with van der Waals surface area (Å²) in [6, 6.07) is 5.64. The molecule has 0 amide bonds. The molecular formula is C21H36N4O3. The van der Waals surface area contributed by atoms with Crippen molar-refractivity contribution in [1.29, 1.82) is 0 Å². The van der Waals surface area contributed by atoms with Gasteiger partial charge in [-0.25, -0.2) is 4.99 Å². The van der Waals surface area contributed by atoms with Crippen LogP contribution in [0.1, 0.15) is 32.8 Å². The van der Waals surface area contributed by atoms with Crippen LogP contribution in [0.3, 0.4) is 0 Å². The maximum Gasteiger partial charge on any atom is 0.191 e. The van der Waals surface area contributed by atoms with E-state index in [2.05, 4.69) is 34.4 Å². The number of hydrogen-bond donors (Lipinski definition) is 3. The van der Waals surface area contributed by atoms with Crippen LogP contribution >= 0.6 is 0 Å². The Morgan fingerprint density at radius 1 is 1.29 bits per heavy atom. The van der Waals surface area contributed by atoms with Gasteiger partial charge in [-0.05, 0) is 37.5 Å². The van der Waals surface area contributed by atoms with Crippen LogP contribution in [0.2, 0.25) is 0 Å². The molecule has 1 aromatic rings. The number of aromatic hydroxyl groups is 1. The number of ether oxygens (including phenoxy) is 2. The molecule has 0 aliphatic carbocycles. The van der Waals surface area contributed by atoms with Crippen molar-refractivity contribution in [1.82, 2.24) is 15.5 Å². The lowest BCUT2D eigenvalue weighted by Gasteiger charge is -2.35. The Balaban J connectivity index is 2.02. The highest BCUT2D eigenvalue weighted by Crippen LogP contribution is 2.23. The molecular weight excluding hydrogens is 356 g/mol. The van der Waals surface area contributed by atoms with Gasteiger partial charge >= 0.3 is 0 Å². The number of methoxy groups -OCH3 is 1. The van der Waals surface area contributed by atoms with Crippen LogP contribution in [0.15, 0.2) is 23.2 Å². The van der Waals surface area contributed by atoms with E-state index in [0.29, 0.717) is 24.3 Å². The van der Waals surface area contributed by atoms with Gasteiger partial charge in [0.05, 0.1) is 26.9 Å². The zero-order valence-electron chi connectivity index (χ0n) is 17.7. The number of benzene rings is 1. The minimum absolute atomic E-state index is 0.228. The largest absolute Gasteiger partial charge is 0.508 e. The smallest absolute Gasteiger partial charge is 0.191 e. The van der Waals surface area contributed by atoms with Crippen molar-refractivity contribution in [3.05, 3.63) is 23.8 Å². The van der Waals surface area contributed by atoms with E-state index in [1.165, 1.54) is 0 Å². The fourth-order valence-corrected chi connectivity index (χ4v) is 3.38. The monoisotopic (exact) mass is 392 g/mol. The Hall–Kier alpha value is -1.99.